The Labute approximate surface area is 117 Å². The number of rotatable bonds is 5. The Morgan fingerprint density at radius 2 is 1.94 bits per heavy atom. The second-order valence-electron chi connectivity index (χ2n) is 5.85. The fraction of sp³-hybridized carbons (Fsp3) is 0.929. The van der Waals surface area contributed by atoms with Crippen molar-refractivity contribution >= 4 is 18.3 Å². The number of halogens is 1. The van der Waals surface area contributed by atoms with Gasteiger partial charge in [0.05, 0.1) is 5.92 Å². The van der Waals surface area contributed by atoms with Crippen LogP contribution in [0.4, 0.5) is 0 Å². The van der Waals surface area contributed by atoms with E-state index in [9.17, 15) is 4.79 Å². The molecule has 0 bridgehead atoms. The Hall–Kier alpha value is -0.280. The fourth-order valence-electron chi connectivity index (χ4n) is 2.87. The van der Waals surface area contributed by atoms with Gasteiger partial charge in [-0.1, -0.05) is 32.1 Å². The van der Waals surface area contributed by atoms with E-state index in [2.05, 4.69) is 17.6 Å². The van der Waals surface area contributed by atoms with E-state index >= 15 is 0 Å². The molecular formula is C14H27ClN2O. The van der Waals surface area contributed by atoms with Crippen LogP contribution in [0.2, 0.25) is 0 Å². The molecule has 1 heterocycles. The number of nitrogens with one attached hydrogen (secondary N) is 2. The van der Waals surface area contributed by atoms with E-state index < -0.39 is 0 Å². The Morgan fingerprint density at radius 3 is 2.50 bits per heavy atom. The highest BCUT2D eigenvalue weighted by Crippen LogP contribution is 2.27. The van der Waals surface area contributed by atoms with Gasteiger partial charge in [-0.2, -0.15) is 0 Å². The van der Waals surface area contributed by atoms with Gasteiger partial charge >= 0.3 is 0 Å². The Balaban J connectivity index is 0.00000162. The van der Waals surface area contributed by atoms with Crippen LogP contribution >= 0.6 is 12.4 Å². The van der Waals surface area contributed by atoms with E-state index in [1.807, 2.05) is 0 Å². The Kier molecular flexibility index (Phi) is 7.02. The van der Waals surface area contributed by atoms with Crippen LogP contribution < -0.4 is 10.6 Å². The molecule has 1 atom stereocenters. The first-order valence-electron chi connectivity index (χ1n) is 7.27. The summed E-state index contributed by atoms with van der Waals surface area (Å²) in [6.45, 7) is 3.87. The first kappa shape index (κ1) is 15.8. The molecule has 2 N–H and O–H groups in total. The van der Waals surface area contributed by atoms with Crippen molar-refractivity contribution in [1.29, 1.82) is 0 Å². The van der Waals surface area contributed by atoms with Crippen molar-refractivity contribution in [2.75, 3.05) is 13.1 Å². The molecule has 2 aliphatic rings. The van der Waals surface area contributed by atoms with E-state index in [1.54, 1.807) is 0 Å². The van der Waals surface area contributed by atoms with Crippen molar-refractivity contribution < 1.29 is 4.79 Å². The Bertz CT molecular complexity index is 250. The molecule has 0 spiro atoms. The predicted octanol–water partition coefficient (Wildman–Crippen LogP) is 2.49. The maximum atomic E-state index is 11.7. The maximum absolute atomic E-state index is 11.7. The number of amides is 1. The quantitative estimate of drug-likeness (QED) is 0.809. The zero-order valence-corrected chi connectivity index (χ0v) is 12.2. The summed E-state index contributed by atoms with van der Waals surface area (Å²) in [5.74, 6) is 1.40. The summed E-state index contributed by atoms with van der Waals surface area (Å²) >= 11 is 0. The summed E-state index contributed by atoms with van der Waals surface area (Å²) in [6, 6.07) is 0.352. The van der Waals surface area contributed by atoms with E-state index in [4.69, 9.17) is 0 Å². The number of carbonyl (C=O) groups is 1. The number of hydrogen-bond donors (Lipinski definition) is 2. The van der Waals surface area contributed by atoms with Gasteiger partial charge in [0, 0.05) is 19.1 Å². The zero-order chi connectivity index (χ0) is 12.1. The molecule has 18 heavy (non-hydrogen) atoms. The van der Waals surface area contributed by atoms with E-state index in [-0.39, 0.29) is 24.2 Å². The summed E-state index contributed by atoms with van der Waals surface area (Å²) in [5, 5.41) is 6.28. The second kappa shape index (κ2) is 8.00. The van der Waals surface area contributed by atoms with Crippen LogP contribution in [0.1, 0.15) is 51.9 Å². The molecule has 0 aromatic heterocycles. The average molecular weight is 275 g/mol. The molecular weight excluding hydrogens is 248 g/mol. The minimum Gasteiger partial charge on any atom is -0.353 e. The average Bonchev–Trinajstić information content (AvgIpc) is 2.25. The molecule has 1 saturated carbocycles. The third-order valence-electron chi connectivity index (χ3n) is 4.27. The van der Waals surface area contributed by atoms with Crippen LogP contribution in [0.15, 0.2) is 0 Å². The van der Waals surface area contributed by atoms with Gasteiger partial charge in [-0.05, 0) is 25.7 Å². The molecule has 1 amide bonds. The largest absolute Gasteiger partial charge is 0.353 e. The van der Waals surface area contributed by atoms with Crippen LogP contribution in [0.25, 0.3) is 0 Å². The van der Waals surface area contributed by atoms with Gasteiger partial charge in [-0.3, -0.25) is 4.79 Å². The van der Waals surface area contributed by atoms with Gasteiger partial charge in [0.1, 0.15) is 0 Å². The first-order valence-corrected chi connectivity index (χ1v) is 7.27. The predicted molar refractivity (Wildman–Crippen MR) is 77.0 cm³/mol. The fourth-order valence-corrected chi connectivity index (χ4v) is 2.87. The zero-order valence-electron chi connectivity index (χ0n) is 11.4. The molecule has 0 radical (unpaired) electrons. The monoisotopic (exact) mass is 274 g/mol. The molecule has 0 aromatic carbocycles. The van der Waals surface area contributed by atoms with Gasteiger partial charge in [0.25, 0.3) is 0 Å². The van der Waals surface area contributed by atoms with Gasteiger partial charge in [0.2, 0.25) is 5.91 Å². The summed E-state index contributed by atoms with van der Waals surface area (Å²) < 4.78 is 0. The number of hydrogen-bond acceptors (Lipinski definition) is 2. The third kappa shape index (κ3) is 4.77. The highest BCUT2D eigenvalue weighted by atomic mass is 35.5. The molecule has 1 unspecified atom stereocenters. The van der Waals surface area contributed by atoms with E-state index in [0.29, 0.717) is 6.04 Å². The first-order chi connectivity index (χ1) is 8.25. The molecule has 0 aromatic rings. The number of carbonyl (C=O) groups excluding carboxylic acids is 1. The molecule has 1 aliphatic carbocycles. The van der Waals surface area contributed by atoms with Crippen LogP contribution in [-0.4, -0.2) is 25.0 Å². The van der Waals surface area contributed by atoms with Crippen molar-refractivity contribution in [3.05, 3.63) is 0 Å². The van der Waals surface area contributed by atoms with Gasteiger partial charge < -0.3 is 10.6 Å². The molecule has 2 fully saturated rings. The van der Waals surface area contributed by atoms with Crippen molar-refractivity contribution in [2.45, 2.75) is 57.9 Å². The maximum Gasteiger partial charge on any atom is 0.225 e. The molecule has 4 heteroatoms. The topological polar surface area (TPSA) is 41.1 Å². The molecule has 3 nitrogen and oxygen atoms in total. The van der Waals surface area contributed by atoms with E-state index in [1.165, 1.54) is 38.5 Å². The van der Waals surface area contributed by atoms with Gasteiger partial charge in [-0.15, -0.1) is 12.4 Å². The lowest BCUT2D eigenvalue weighted by Crippen LogP contribution is -2.52. The minimum atomic E-state index is 0. The standard InChI is InChI=1S/C14H26N2O.ClH/c1-11(16-14(17)13-9-15-10-13)7-8-12-5-3-2-4-6-12;/h11-13,15H,2-10H2,1H3,(H,16,17);1H. The van der Waals surface area contributed by atoms with Crippen LogP contribution in [-0.2, 0) is 4.79 Å². The van der Waals surface area contributed by atoms with Crippen molar-refractivity contribution in [3.63, 3.8) is 0 Å². The molecule has 2 rings (SSSR count). The van der Waals surface area contributed by atoms with Gasteiger partial charge in [-0.25, -0.2) is 0 Å². The minimum absolute atomic E-state index is 0. The van der Waals surface area contributed by atoms with Gasteiger partial charge in [0.15, 0.2) is 0 Å². The lowest BCUT2D eigenvalue weighted by Gasteiger charge is -2.28. The lowest BCUT2D eigenvalue weighted by atomic mass is 9.85. The highest BCUT2D eigenvalue weighted by Gasteiger charge is 2.25. The van der Waals surface area contributed by atoms with Crippen molar-refractivity contribution in [1.82, 2.24) is 10.6 Å². The molecule has 106 valence electrons. The summed E-state index contributed by atoms with van der Waals surface area (Å²) in [7, 11) is 0. The van der Waals surface area contributed by atoms with Crippen molar-refractivity contribution in [3.8, 4) is 0 Å². The highest BCUT2D eigenvalue weighted by molar-refractivity contribution is 5.85. The normalized spacial score (nSPS) is 22.7. The lowest BCUT2D eigenvalue weighted by molar-refractivity contribution is -0.127. The molecule has 1 saturated heterocycles. The summed E-state index contributed by atoms with van der Waals surface area (Å²) in [5.41, 5.74) is 0. The van der Waals surface area contributed by atoms with Crippen LogP contribution in [0, 0.1) is 11.8 Å². The second-order valence-corrected chi connectivity index (χ2v) is 5.85. The SMILES string of the molecule is CC(CCC1CCCCC1)NC(=O)C1CNC1.Cl. The third-order valence-corrected chi connectivity index (χ3v) is 4.27. The summed E-state index contributed by atoms with van der Waals surface area (Å²) in [4.78, 5) is 11.7. The van der Waals surface area contributed by atoms with Crippen LogP contribution in [0.3, 0.4) is 0 Å². The summed E-state index contributed by atoms with van der Waals surface area (Å²) in [6.07, 6.45) is 9.52. The van der Waals surface area contributed by atoms with Crippen LogP contribution in [0.5, 0.6) is 0 Å². The molecule has 1 aliphatic heterocycles. The smallest absolute Gasteiger partial charge is 0.225 e. The van der Waals surface area contributed by atoms with E-state index in [0.717, 1.165) is 25.4 Å². The Morgan fingerprint density at radius 1 is 1.28 bits per heavy atom. The van der Waals surface area contributed by atoms with Crippen molar-refractivity contribution in [2.24, 2.45) is 11.8 Å².